The Labute approximate surface area is 67.3 Å². The highest BCUT2D eigenvalue weighted by atomic mass is 16.5. The molecule has 0 bridgehead atoms. The molecule has 3 atom stereocenters. The molecule has 0 aromatic carbocycles. The zero-order valence-corrected chi connectivity index (χ0v) is 7.09. The molecule has 64 valence electrons. The van der Waals surface area contributed by atoms with Gasteiger partial charge in [0.15, 0.2) is 0 Å². The van der Waals surface area contributed by atoms with Crippen molar-refractivity contribution < 1.29 is 14.4 Å². The molecule has 1 unspecified atom stereocenters. The van der Waals surface area contributed by atoms with E-state index in [1.165, 1.54) is 12.0 Å². The molecule has 0 radical (unpaired) electrons. The molecule has 1 aliphatic rings. The minimum Gasteiger partial charge on any atom is -0.469 e. The summed E-state index contributed by atoms with van der Waals surface area (Å²) < 4.78 is 4.67. The number of hydrogen-bond acceptors (Lipinski definition) is 2. The van der Waals surface area contributed by atoms with Crippen molar-refractivity contribution >= 4 is 5.97 Å². The van der Waals surface area contributed by atoms with Crippen LogP contribution in [0.25, 0.3) is 0 Å². The summed E-state index contributed by atoms with van der Waals surface area (Å²) in [5.74, 6) is -0.0244. The first-order valence-corrected chi connectivity index (χ1v) is 3.92. The first kappa shape index (κ1) is 8.53. The SMILES string of the molecule is [CH2-][NH+]1CC[C@H](C(=O)OC)[C@@H]1C. The molecule has 0 amide bonds. The summed E-state index contributed by atoms with van der Waals surface area (Å²) >= 11 is 0. The molecule has 3 heteroatoms. The van der Waals surface area contributed by atoms with E-state index >= 15 is 0 Å². The Bertz CT molecular complexity index is 158. The predicted molar refractivity (Wildman–Crippen MR) is 40.8 cm³/mol. The zero-order chi connectivity index (χ0) is 8.43. The number of nitrogens with one attached hydrogen (secondary N) is 1. The van der Waals surface area contributed by atoms with E-state index in [1.54, 1.807) is 0 Å². The normalized spacial score (nSPS) is 37.2. The molecule has 11 heavy (non-hydrogen) atoms. The summed E-state index contributed by atoms with van der Waals surface area (Å²) in [5.41, 5.74) is 0. The largest absolute Gasteiger partial charge is 0.469 e. The fourth-order valence-corrected chi connectivity index (χ4v) is 1.58. The van der Waals surface area contributed by atoms with Gasteiger partial charge in [-0.25, -0.2) is 0 Å². The fourth-order valence-electron chi connectivity index (χ4n) is 1.58. The van der Waals surface area contributed by atoms with Crippen LogP contribution in [0.3, 0.4) is 0 Å². The van der Waals surface area contributed by atoms with Crippen LogP contribution in [0, 0.1) is 13.0 Å². The highest BCUT2D eigenvalue weighted by molar-refractivity contribution is 5.73. The lowest BCUT2D eigenvalue weighted by molar-refractivity contribution is -0.865. The van der Waals surface area contributed by atoms with Crippen LogP contribution >= 0.6 is 0 Å². The van der Waals surface area contributed by atoms with Crippen molar-refractivity contribution in [1.29, 1.82) is 0 Å². The van der Waals surface area contributed by atoms with Gasteiger partial charge in [-0.3, -0.25) is 4.79 Å². The molecule has 0 aromatic rings. The van der Waals surface area contributed by atoms with Gasteiger partial charge in [0.05, 0.1) is 19.7 Å². The maximum Gasteiger partial charge on any atom is 0.314 e. The van der Waals surface area contributed by atoms with Gasteiger partial charge in [0.2, 0.25) is 0 Å². The first-order valence-electron chi connectivity index (χ1n) is 3.92. The Hall–Kier alpha value is -0.570. The highest BCUT2D eigenvalue weighted by Crippen LogP contribution is 2.12. The predicted octanol–water partition coefficient (Wildman–Crippen LogP) is -0.756. The molecule has 1 heterocycles. The molecule has 1 saturated heterocycles. The van der Waals surface area contributed by atoms with Crippen molar-refractivity contribution in [1.82, 2.24) is 0 Å². The van der Waals surface area contributed by atoms with Crippen LogP contribution in [0.2, 0.25) is 0 Å². The number of quaternary nitrogens is 1. The molecule has 1 rings (SSSR count). The fraction of sp³-hybridized carbons (Fsp3) is 0.750. The van der Waals surface area contributed by atoms with E-state index in [0.29, 0.717) is 6.04 Å². The second-order valence-electron chi connectivity index (χ2n) is 3.12. The first-order chi connectivity index (χ1) is 5.16. The van der Waals surface area contributed by atoms with E-state index in [2.05, 4.69) is 11.8 Å². The Kier molecular flexibility index (Phi) is 2.49. The molecular weight excluding hydrogens is 142 g/mol. The lowest BCUT2D eigenvalue weighted by Crippen LogP contribution is -3.08. The topological polar surface area (TPSA) is 30.7 Å². The second-order valence-corrected chi connectivity index (χ2v) is 3.12. The van der Waals surface area contributed by atoms with Crippen LogP contribution < -0.4 is 4.90 Å². The van der Waals surface area contributed by atoms with Crippen LogP contribution in [-0.4, -0.2) is 25.7 Å². The summed E-state index contributed by atoms with van der Waals surface area (Å²) in [5, 5.41) is 0. The highest BCUT2D eigenvalue weighted by Gasteiger charge is 2.35. The van der Waals surface area contributed by atoms with Crippen molar-refractivity contribution in [3.8, 4) is 0 Å². The number of likely N-dealkylation sites (tertiary alicyclic amines) is 1. The smallest absolute Gasteiger partial charge is 0.314 e. The molecule has 0 aliphatic carbocycles. The number of carbonyl (C=O) groups is 1. The number of methoxy groups -OCH3 is 1. The Morgan fingerprint density at radius 1 is 1.73 bits per heavy atom. The molecule has 3 nitrogen and oxygen atoms in total. The van der Waals surface area contributed by atoms with Gasteiger partial charge in [0.25, 0.3) is 0 Å². The van der Waals surface area contributed by atoms with Gasteiger partial charge in [0, 0.05) is 6.42 Å². The number of hydrogen-bond donors (Lipinski definition) is 1. The number of esters is 1. The van der Waals surface area contributed by atoms with Crippen LogP contribution in [0.15, 0.2) is 0 Å². The maximum atomic E-state index is 11.1. The minimum absolute atomic E-state index is 0.0625. The molecule has 0 spiro atoms. The lowest BCUT2D eigenvalue weighted by Gasteiger charge is -2.21. The van der Waals surface area contributed by atoms with Gasteiger partial charge in [-0.15, -0.1) is 0 Å². The Balaban J connectivity index is 2.54. The molecule has 1 fully saturated rings. The maximum absolute atomic E-state index is 11.1. The summed E-state index contributed by atoms with van der Waals surface area (Å²) in [4.78, 5) is 12.3. The summed E-state index contributed by atoms with van der Waals surface area (Å²) in [6.45, 7) is 3.01. The van der Waals surface area contributed by atoms with Crippen LogP contribution in [0.1, 0.15) is 13.3 Å². The van der Waals surface area contributed by atoms with E-state index in [1.807, 2.05) is 6.92 Å². The standard InChI is InChI=1S/C8H15NO2/c1-6-7(8(10)11-3)4-5-9(6)2/h6-7,9H,2,4-5H2,1,3H3/t6-,7-/m0/s1. The summed E-state index contributed by atoms with van der Waals surface area (Å²) in [7, 11) is 5.33. The van der Waals surface area contributed by atoms with E-state index < -0.39 is 0 Å². The van der Waals surface area contributed by atoms with Crippen LogP contribution in [-0.2, 0) is 9.53 Å². The van der Waals surface area contributed by atoms with Gasteiger partial charge in [-0.2, -0.15) is 7.05 Å². The monoisotopic (exact) mass is 157 g/mol. The summed E-state index contributed by atoms with van der Waals surface area (Å²) in [6, 6.07) is 0.308. The van der Waals surface area contributed by atoms with Gasteiger partial charge in [-0.1, -0.05) is 0 Å². The third kappa shape index (κ3) is 1.53. The van der Waals surface area contributed by atoms with E-state index in [0.717, 1.165) is 13.0 Å². The molecule has 0 aromatic heterocycles. The minimum atomic E-state index is -0.0869. The number of rotatable bonds is 1. The lowest BCUT2D eigenvalue weighted by atomic mass is 10.0. The van der Waals surface area contributed by atoms with Crippen molar-refractivity contribution in [3.63, 3.8) is 0 Å². The molecule has 1 N–H and O–H groups in total. The van der Waals surface area contributed by atoms with Crippen molar-refractivity contribution in [2.45, 2.75) is 19.4 Å². The number of ether oxygens (including phenoxy) is 1. The van der Waals surface area contributed by atoms with E-state index in [9.17, 15) is 4.79 Å². The van der Waals surface area contributed by atoms with Gasteiger partial charge >= 0.3 is 5.97 Å². The molecular formula is C8H15NO2. The second kappa shape index (κ2) is 3.22. The van der Waals surface area contributed by atoms with Crippen molar-refractivity contribution in [2.24, 2.45) is 5.92 Å². The third-order valence-corrected chi connectivity index (χ3v) is 2.53. The average Bonchev–Trinajstić information content (AvgIpc) is 2.32. The summed E-state index contributed by atoms with van der Waals surface area (Å²) in [6.07, 6.45) is 0.909. The van der Waals surface area contributed by atoms with Crippen LogP contribution in [0.4, 0.5) is 0 Å². The molecule has 0 saturated carbocycles. The Morgan fingerprint density at radius 2 is 2.36 bits per heavy atom. The van der Waals surface area contributed by atoms with Gasteiger partial charge in [-0.05, 0) is 6.92 Å². The zero-order valence-electron chi connectivity index (χ0n) is 7.09. The Morgan fingerprint density at radius 3 is 2.73 bits per heavy atom. The van der Waals surface area contributed by atoms with E-state index in [-0.39, 0.29) is 11.9 Å². The number of carbonyl (C=O) groups excluding carboxylic acids is 1. The quantitative estimate of drug-likeness (QED) is 0.401. The van der Waals surface area contributed by atoms with Gasteiger partial charge < -0.3 is 9.64 Å². The average molecular weight is 157 g/mol. The molecule has 1 aliphatic heterocycles. The van der Waals surface area contributed by atoms with Crippen molar-refractivity contribution in [2.75, 3.05) is 13.7 Å². The van der Waals surface area contributed by atoms with Gasteiger partial charge in [0.1, 0.15) is 5.92 Å². The van der Waals surface area contributed by atoms with E-state index in [4.69, 9.17) is 0 Å². The third-order valence-electron chi connectivity index (χ3n) is 2.53. The van der Waals surface area contributed by atoms with Crippen LogP contribution in [0.5, 0.6) is 0 Å². The van der Waals surface area contributed by atoms with Crippen molar-refractivity contribution in [3.05, 3.63) is 7.05 Å².